The number of nitrogens with zero attached hydrogens (tertiary/aromatic N) is 1. The monoisotopic (exact) mass is 215 g/mol. The molecular formula is C11H25N3O. The molecule has 1 amide bonds. The van der Waals surface area contributed by atoms with Crippen molar-refractivity contribution in [3.63, 3.8) is 0 Å². The van der Waals surface area contributed by atoms with E-state index in [0.717, 1.165) is 6.42 Å². The van der Waals surface area contributed by atoms with E-state index in [-0.39, 0.29) is 17.9 Å². The van der Waals surface area contributed by atoms with Crippen LogP contribution in [-0.4, -0.2) is 43.5 Å². The van der Waals surface area contributed by atoms with Crippen molar-refractivity contribution in [3.8, 4) is 0 Å². The Morgan fingerprint density at radius 3 is 2.33 bits per heavy atom. The van der Waals surface area contributed by atoms with Gasteiger partial charge in [0.1, 0.15) is 0 Å². The van der Waals surface area contributed by atoms with Crippen molar-refractivity contribution in [1.29, 1.82) is 0 Å². The first-order valence-corrected chi connectivity index (χ1v) is 5.59. The highest BCUT2D eigenvalue weighted by Crippen LogP contribution is 2.04. The number of rotatable bonds is 6. The third kappa shape index (κ3) is 5.14. The third-order valence-electron chi connectivity index (χ3n) is 3.01. The Bertz CT molecular complexity index is 194. The van der Waals surface area contributed by atoms with Crippen molar-refractivity contribution >= 4 is 5.91 Å². The molecule has 0 saturated carbocycles. The fraction of sp³-hybridized carbons (Fsp3) is 0.909. The van der Waals surface area contributed by atoms with Crippen LogP contribution in [0, 0.1) is 5.92 Å². The van der Waals surface area contributed by atoms with Crippen LogP contribution < -0.4 is 11.1 Å². The van der Waals surface area contributed by atoms with Gasteiger partial charge in [-0.05, 0) is 26.9 Å². The van der Waals surface area contributed by atoms with Gasteiger partial charge in [0.05, 0.1) is 6.04 Å². The number of nitrogens with two attached hydrogens (primary N) is 1. The summed E-state index contributed by atoms with van der Waals surface area (Å²) >= 11 is 0. The smallest absolute Gasteiger partial charge is 0.237 e. The average molecular weight is 215 g/mol. The highest BCUT2D eigenvalue weighted by molar-refractivity contribution is 5.81. The van der Waals surface area contributed by atoms with Crippen LogP contribution in [0.2, 0.25) is 0 Å². The average Bonchev–Trinajstić information content (AvgIpc) is 2.22. The summed E-state index contributed by atoms with van der Waals surface area (Å²) in [7, 11) is 3.98. The van der Waals surface area contributed by atoms with Gasteiger partial charge in [-0.2, -0.15) is 0 Å². The molecule has 0 aromatic carbocycles. The van der Waals surface area contributed by atoms with Gasteiger partial charge in [0.15, 0.2) is 0 Å². The zero-order chi connectivity index (χ0) is 12.0. The molecular weight excluding hydrogens is 190 g/mol. The van der Waals surface area contributed by atoms with Gasteiger partial charge in [0, 0.05) is 12.6 Å². The maximum Gasteiger partial charge on any atom is 0.237 e. The number of amides is 1. The van der Waals surface area contributed by atoms with Gasteiger partial charge in [-0.3, -0.25) is 4.79 Å². The largest absolute Gasteiger partial charge is 0.353 e. The highest BCUT2D eigenvalue weighted by Gasteiger charge is 2.19. The summed E-state index contributed by atoms with van der Waals surface area (Å²) in [4.78, 5) is 13.7. The summed E-state index contributed by atoms with van der Waals surface area (Å²) in [6.45, 7) is 6.75. The fourth-order valence-electron chi connectivity index (χ4n) is 1.06. The number of likely N-dealkylation sites (N-methyl/N-ethyl adjacent to an activating group) is 1. The molecule has 0 aliphatic carbocycles. The molecule has 2 unspecified atom stereocenters. The lowest BCUT2D eigenvalue weighted by Gasteiger charge is -2.22. The molecule has 0 aliphatic rings. The molecule has 0 bridgehead atoms. The molecule has 0 rings (SSSR count). The zero-order valence-electron chi connectivity index (χ0n) is 10.6. The predicted molar refractivity (Wildman–Crippen MR) is 63.6 cm³/mol. The summed E-state index contributed by atoms with van der Waals surface area (Å²) < 4.78 is 0. The zero-order valence-corrected chi connectivity index (χ0v) is 10.6. The number of hydrogen-bond donors (Lipinski definition) is 2. The van der Waals surface area contributed by atoms with Crippen LogP contribution >= 0.6 is 0 Å². The number of carbonyl (C=O) groups is 1. The maximum atomic E-state index is 11.6. The Kier molecular flexibility index (Phi) is 6.52. The van der Waals surface area contributed by atoms with Crippen molar-refractivity contribution in [1.82, 2.24) is 10.2 Å². The Morgan fingerprint density at radius 1 is 1.40 bits per heavy atom. The quantitative estimate of drug-likeness (QED) is 0.675. The molecule has 0 aliphatic heterocycles. The SMILES string of the molecule is CCC(C)[C@H](N)C(=O)NCC(C)N(C)C. The second-order valence-electron chi connectivity index (χ2n) is 4.47. The third-order valence-corrected chi connectivity index (χ3v) is 3.01. The van der Waals surface area contributed by atoms with Crippen molar-refractivity contribution in [2.24, 2.45) is 11.7 Å². The molecule has 4 heteroatoms. The van der Waals surface area contributed by atoms with Crippen molar-refractivity contribution in [3.05, 3.63) is 0 Å². The van der Waals surface area contributed by atoms with Crippen LogP contribution in [0.4, 0.5) is 0 Å². The summed E-state index contributed by atoms with van der Waals surface area (Å²) in [6.07, 6.45) is 0.928. The minimum absolute atomic E-state index is 0.0435. The summed E-state index contributed by atoms with van der Waals surface area (Å²) in [5.74, 6) is 0.192. The van der Waals surface area contributed by atoms with Crippen LogP contribution in [-0.2, 0) is 4.79 Å². The van der Waals surface area contributed by atoms with E-state index in [4.69, 9.17) is 5.73 Å². The van der Waals surface area contributed by atoms with E-state index < -0.39 is 0 Å². The minimum atomic E-state index is -0.385. The Hall–Kier alpha value is -0.610. The maximum absolute atomic E-state index is 11.6. The van der Waals surface area contributed by atoms with Gasteiger partial charge in [-0.1, -0.05) is 20.3 Å². The Morgan fingerprint density at radius 2 is 1.93 bits per heavy atom. The first kappa shape index (κ1) is 14.4. The standard InChI is InChI=1S/C11H25N3O/c1-6-8(2)10(12)11(15)13-7-9(3)14(4)5/h8-10H,6-7,12H2,1-5H3,(H,13,15)/t8?,9?,10-/m0/s1. The van der Waals surface area contributed by atoms with Gasteiger partial charge in [-0.15, -0.1) is 0 Å². The second kappa shape index (κ2) is 6.80. The molecule has 0 saturated heterocycles. The molecule has 0 aromatic rings. The van der Waals surface area contributed by atoms with Crippen LogP contribution in [0.5, 0.6) is 0 Å². The summed E-state index contributed by atoms with van der Waals surface area (Å²) in [5, 5.41) is 2.87. The normalized spacial score (nSPS) is 17.3. The lowest BCUT2D eigenvalue weighted by atomic mass is 9.99. The van der Waals surface area contributed by atoms with Gasteiger partial charge in [-0.25, -0.2) is 0 Å². The van der Waals surface area contributed by atoms with E-state index in [1.54, 1.807) is 0 Å². The van der Waals surface area contributed by atoms with E-state index in [2.05, 4.69) is 17.1 Å². The van der Waals surface area contributed by atoms with E-state index in [9.17, 15) is 4.79 Å². The molecule has 3 N–H and O–H groups in total. The second-order valence-corrected chi connectivity index (χ2v) is 4.47. The van der Waals surface area contributed by atoms with Gasteiger partial charge in [0.2, 0.25) is 5.91 Å². The van der Waals surface area contributed by atoms with Gasteiger partial charge < -0.3 is 16.0 Å². The molecule has 0 heterocycles. The summed E-state index contributed by atoms with van der Waals surface area (Å²) in [5.41, 5.74) is 5.81. The predicted octanol–water partition coefficient (Wildman–Crippen LogP) is 0.426. The molecule has 0 radical (unpaired) electrons. The first-order chi connectivity index (χ1) is 6.90. The van der Waals surface area contributed by atoms with E-state index >= 15 is 0 Å². The fourth-order valence-corrected chi connectivity index (χ4v) is 1.06. The molecule has 90 valence electrons. The highest BCUT2D eigenvalue weighted by atomic mass is 16.2. The van der Waals surface area contributed by atoms with Crippen molar-refractivity contribution in [2.75, 3.05) is 20.6 Å². The van der Waals surface area contributed by atoms with Gasteiger partial charge >= 0.3 is 0 Å². The number of carbonyl (C=O) groups excluding carboxylic acids is 1. The number of hydrogen-bond acceptors (Lipinski definition) is 3. The molecule has 0 fully saturated rings. The van der Waals surface area contributed by atoms with Gasteiger partial charge in [0.25, 0.3) is 0 Å². The van der Waals surface area contributed by atoms with Crippen LogP contribution in [0.15, 0.2) is 0 Å². The summed E-state index contributed by atoms with van der Waals surface area (Å²) in [6, 6.07) is -0.0533. The molecule has 4 nitrogen and oxygen atoms in total. The number of nitrogens with one attached hydrogen (secondary N) is 1. The lowest BCUT2D eigenvalue weighted by molar-refractivity contribution is -0.123. The van der Waals surface area contributed by atoms with E-state index in [1.807, 2.05) is 27.9 Å². The van der Waals surface area contributed by atoms with Crippen LogP contribution in [0.1, 0.15) is 27.2 Å². The topological polar surface area (TPSA) is 58.4 Å². The van der Waals surface area contributed by atoms with Crippen molar-refractivity contribution in [2.45, 2.75) is 39.3 Å². The Labute approximate surface area is 93.2 Å². The molecule has 0 spiro atoms. The lowest BCUT2D eigenvalue weighted by Crippen LogP contribution is -2.48. The van der Waals surface area contributed by atoms with Crippen LogP contribution in [0.25, 0.3) is 0 Å². The van der Waals surface area contributed by atoms with Crippen molar-refractivity contribution < 1.29 is 4.79 Å². The molecule has 0 aromatic heterocycles. The minimum Gasteiger partial charge on any atom is -0.353 e. The first-order valence-electron chi connectivity index (χ1n) is 5.59. The van der Waals surface area contributed by atoms with E-state index in [0.29, 0.717) is 12.6 Å². The molecule has 3 atom stereocenters. The Balaban J connectivity index is 3.93. The molecule has 15 heavy (non-hydrogen) atoms. The van der Waals surface area contributed by atoms with Crippen LogP contribution in [0.3, 0.4) is 0 Å². The van der Waals surface area contributed by atoms with E-state index in [1.165, 1.54) is 0 Å².